The van der Waals surface area contributed by atoms with Crippen LogP contribution in [-0.4, -0.2) is 24.8 Å². The zero-order valence-electron chi connectivity index (χ0n) is 19.8. The summed E-state index contributed by atoms with van der Waals surface area (Å²) in [5.74, 6) is 0.247. The lowest BCUT2D eigenvalue weighted by Gasteiger charge is -2.10. The van der Waals surface area contributed by atoms with Crippen LogP contribution in [0.4, 0.5) is 0 Å². The maximum absolute atomic E-state index is 11.6. The van der Waals surface area contributed by atoms with Crippen molar-refractivity contribution in [3.8, 4) is 28.3 Å². The lowest BCUT2D eigenvalue weighted by atomic mass is 10.0. The third-order valence-electron chi connectivity index (χ3n) is 6.55. The van der Waals surface area contributed by atoms with E-state index in [1.807, 2.05) is 78.9 Å². The summed E-state index contributed by atoms with van der Waals surface area (Å²) >= 11 is 0. The molecule has 7 nitrogen and oxygen atoms in total. The van der Waals surface area contributed by atoms with E-state index in [0.717, 1.165) is 54.7 Å². The highest BCUT2D eigenvalue weighted by molar-refractivity contribution is 7.32. The molecule has 0 saturated carbocycles. The fourth-order valence-electron chi connectivity index (χ4n) is 4.81. The van der Waals surface area contributed by atoms with E-state index in [0.29, 0.717) is 11.4 Å². The summed E-state index contributed by atoms with van der Waals surface area (Å²) in [6, 6.07) is 29.1. The second-order valence-corrected chi connectivity index (χ2v) is 9.55. The summed E-state index contributed by atoms with van der Waals surface area (Å²) < 4.78 is 16.8. The minimum atomic E-state index is -2.85. The number of hydrogen-bond donors (Lipinski definition) is 1. The first-order chi connectivity index (χ1) is 18.6. The van der Waals surface area contributed by atoms with Gasteiger partial charge in [0.2, 0.25) is 0 Å². The van der Waals surface area contributed by atoms with Crippen molar-refractivity contribution in [2.24, 2.45) is 0 Å². The van der Waals surface area contributed by atoms with Gasteiger partial charge in [-0.3, -0.25) is 9.97 Å². The molecule has 0 bridgehead atoms. The Bertz CT molecular complexity index is 1920. The average molecular weight is 513 g/mol. The Hall–Kier alpha value is -4.84. The molecule has 1 unspecified atom stereocenters. The number of hydrogen-bond acceptors (Lipinski definition) is 6. The first-order valence-electron chi connectivity index (χ1n) is 11.9. The van der Waals surface area contributed by atoms with Gasteiger partial charge in [0.05, 0.1) is 33.5 Å². The van der Waals surface area contributed by atoms with E-state index in [1.165, 1.54) is 0 Å². The average Bonchev–Trinajstić information content (AvgIpc) is 2.96. The Morgan fingerprint density at radius 3 is 1.50 bits per heavy atom. The minimum Gasteiger partial charge on any atom is -0.254 e. The van der Waals surface area contributed by atoms with Gasteiger partial charge in [0.15, 0.2) is 5.75 Å². The number of benzene rings is 3. The van der Waals surface area contributed by atoms with E-state index in [2.05, 4.69) is 9.97 Å². The predicted octanol–water partition coefficient (Wildman–Crippen LogP) is 7.24. The van der Waals surface area contributed by atoms with Crippen molar-refractivity contribution in [3.63, 3.8) is 0 Å². The molecule has 0 amide bonds. The van der Waals surface area contributed by atoms with E-state index in [1.54, 1.807) is 24.5 Å². The van der Waals surface area contributed by atoms with Crippen LogP contribution in [0.25, 0.3) is 66.1 Å². The molecular formula is C30H18N4O3P+. The van der Waals surface area contributed by atoms with Crippen molar-refractivity contribution in [1.82, 2.24) is 19.9 Å². The molecule has 0 aliphatic rings. The molecule has 1 N–H and O–H groups in total. The van der Waals surface area contributed by atoms with Crippen LogP contribution >= 0.6 is 8.25 Å². The standard InChI is InChI=1S/C30H17N4O3P/c35-38(36)37-24-16-22(25-11-9-20-7-5-18-3-1-13-31-27(18)29(20)33-25)15-23(17-24)26-12-10-21-8-6-19-4-2-14-32-28(19)30(21)34-26/h1-17H/p+1. The molecule has 8 heteroatoms. The molecule has 0 aliphatic carbocycles. The number of pyridine rings is 4. The van der Waals surface area contributed by atoms with Gasteiger partial charge in [0, 0.05) is 49.6 Å². The lowest BCUT2D eigenvalue weighted by molar-refractivity contribution is 0.410. The summed E-state index contributed by atoms with van der Waals surface area (Å²) in [7, 11) is -2.85. The fourth-order valence-corrected chi connectivity index (χ4v) is 5.09. The Labute approximate surface area is 217 Å². The number of aromatic nitrogens is 4. The Kier molecular flexibility index (Phi) is 5.25. The van der Waals surface area contributed by atoms with Crippen molar-refractivity contribution in [2.75, 3.05) is 0 Å². The maximum Gasteiger partial charge on any atom is 0.747 e. The molecule has 38 heavy (non-hydrogen) atoms. The van der Waals surface area contributed by atoms with Crippen molar-refractivity contribution < 1.29 is 14.0 Å². The molecule has 0 aliphatic heterocycles. The highest BCUT2D eigenvalue weighted by Gasteiger charge is 2.18. The molecule has 1 atom stereocenters. The summed E-state index contributed by atoms with van der Waals surface area (Å²) in [5.41, 5.74) is 6.00. The molecule has 0 spiro atoms. The van der Waals surface area contributed by atoms with E-state index < -0.39 is 8.25 Å². The van der Waals surface area contributed by atoms with Crippen molar-refractivity contribution in [2.45, 2.75) is 0 Å². The fraction of sp³-hybridized carbons (Fsp3) is 0. The number of rotatable bonds is 4. The molecule has 180 valence electrons. The van der Waals surface area contributed by atoms with Crippen LogP contribution in [0.1, 0.15) is 0 Å². The summed E-state index contributed by atoms with van der Waals surface area (Å²) in [6.07, 6.45) is 3.51. The second-order valence-electron chi connectivity index (χ2n) is 8.89. The van der Waals surface area contributed by atoms with E-state index >= 15 is 0 Å². The van der Waals surface area contributed by atoms with Crippen LogP contribution < -0.4 is 4.52 Å². The first-order valence-corrected chi connectivity index (χ1v) is 13.0. The third-order valence-corrected chi connectivity index (χ3v) is 6.91. The smallest absolute Gasteiger partial charge is 0.254 e. The van der Waals surface area contributed by atoms with E-state index in [-0.39, 0.29) is 5.75 Å². The second kappa shape index (κ2) is 8.92. The Balaban J connectivity index is 1.43. The Morgan fingerprint density at radius 1 is 0.579 bits per heavy atom. The number of nitrogens with zero attached hydrogens (tertiary/aromatic N) is 4. The molecule has 7 aromatic rings. The monoisotopic (exact) mass is 513 g/mol. The molecular weight excluding hydrogens is 495 g/mol. The van der Waals surface area contributed by atoms with E-state index in [4.69, 9.17) is 14.5 Å². The molecule has 0 radical (unpaired) electrons. The quantitative estimate of drug-likeness (QED) is 0.196. The maximum atomic E-state index is 11.6. The molecule has 0 saturated heterocycles. The topological polar surface area (TPSA) is 98.1 Å². The van der Waals surface area contributed by atoms with Gasteiger partial charge in [-0.15, -0.1) is 4.89 Å². The number of fused-ring (bicyclic) bond motifs is 6. The largest absolute Gasteiger partial charge is 0.747 e. The van der Waals surface area contributed by atoms with Gasteiger partial charge in [-0.05, 0) is 42.5 Å². The van der Waals surface area contributed by atoms with Crippen LogP contribution in [0.3, 0.4) is 0 Å². The zero-order valence-corrected chi connectivity index (χ0v) is 20.7. The molecule has 7 rings (SSSR count). The van der Waals surface area contributed by atoms with Gasteiger partial charge in [-0.2, -0.15) is 0 Å². The van der Waals surface area contributed by atoms with Crippen molar-refractivity contribution in [1.29, 1.82) is 0 Å². The van der Waals surface area contributed by atoms with Gasteiger partial charge >= 0.3 is 8.25 Å². The summed E-state index contributed by atoms with van der Waals surface area (Å²) in [4.78, 5) is 28.4. The van der Waals surface area contributed by atoms with Crippen molar-refractivity contribution in [3.05, 3.63) is 103 Å². The SMILES string of the molecule is O=[P+](O)Oc1cc(-c2ccc3ccc4cccnc4c3n2)cc(-c2ccc3ccc4cccnc4c3n2)c1. The third kappa shape index (κ3) is 3.91. The first kappa shape index (κ1) is 22.4. The minimum absolute atomic E-state index is 0.247. The van der Waals surface area contributed by atoms with Gasteiger partial charge in [-0.25, -0.2) is 14.5 Å². The summed E-state index contributed by atoms with van der Waals surface area (Å²) in [6.45, 7) is 0. The molecule has 4 aromatic heterocycles. The zero-order chi connectivity index (χ0) is 25.6. The summed E-state index contributed by atoms with van der Waals surface area (Å²) in [5, 5.41) is 3.95. The Morgan fingerprint density at radius 2 is 1.03 bits per heavy atom. The van der Waals surface area contributed by atoms with Crippen LogP contribution in [-0.2, 0) is 4.57 Å². The molecule has 0 fully saturated rings. The predicted molar refractivity (Wildman–Crippen MR) is 149 cm³/mol. The van der Waals surface area contributed by atoms with Crippen LogP contribution in [0.5, 0.6) is 5.75 Å². The normalized spacial score (nSPS) is 11.9. The highest BCUT2D eigenvalue weighted by atomic mass is 31.1. The van der Waals surface area contributed by atoms with Gasteiger partial charge in [-0.1, -0.05) is 48.5 Å². The lowest BCUT2D eigenvalue weighted by Crippen LogP contribution is -1.92. The van der Waals surface area contributed by atoms with Gasteiger partial charge in [0.25, 0.3) is 0 Å². The van der Waals surface area contributed by atoms with Crippen LogP contribution in [0.2, 0.25) is 0 Å². The van der Waals surface area contributed by atoms with Gasteiger partial charge < -0.3 is 0 Å². The van der Waals surface area contributed by atoms with Gasteiger partial charge in [0.1, 0.15) is 0 Å². The van der Waals surface area contributed by atoms with Crippen LogP contribution in [0.15, 0.2) is 103 Å². The molecule has 3 aromatic carbocycles. The van der Waals surface area contributed by atoms with E-state index in [9.17, 15) is 9.46 Å². The highest BCUT2D eigenvalue weighted by Crippen LogP contribution is 2.35. The molecule has 4 heterocycles. The van der Waals surface area contributed by atoms with Crippen molar-refractivity contribution >= 4 is 51.9 Å². The van der Waals surface area contributed by atoms with Crippen LogP contribution in [0, 0.1) is 0 Å².